The number of rotatable bonds is 6. The molecule has 0 unspecified atom stereocenters. The average Bonchev–Trinajstić information content (AvgIpc) is 2.95. The van der Waals surface area contributed by atoms with Crippen LogP contribution in [-0.2, 0) is 11.2 Å². The summed E-state index contributed by atoms with van der Waals surface area (Å²) < 4.78 is 1.98. The molecule has 0 bridgehead atoms. The van der Waals surface area contributed by atoms with Gasteiger partial charge in [0.15, 0.2) is 6.29 Å². The Morgan fingerprint density at radius 3 is 3.05 bits per heavy atom. The molecular formula is C16H17N3O. The lowest BCUT2D eigenvalue weighted by Crippen LogP contribution is -2.06. The van der Waals surface area contributed by atoms with Gasteiger partial charge in [0.2, 0.25) is 0 Å². The van der Waals surface area contributed by atoms with E-state index in [0.29, 0.717) is 12.0 Å². The molecule has 0 saturated carbocycles. The van der Waals surface area contributed by atoms with Gasteiger partial charge >= 0.3 is 0 Å². The summed E-state index contributed by atoms with van der Waals surface area (Å²) in [6.45, 7) is 5.43. The van der Waals surface area contributed by atoms with E-state index in [1.807, 2.05) is 35.9 Å². The predicted molar refractivity (Wildman–Crippen MR) is 81.0 cm³/mol. The number of aldehydes is 1. The number of hydrogen-bond acceptors (Lipinski definition) is 3. The third kappa shape index (κ3) is 2.91. The number of hydrogen-bond donors (Lipinski definition) is 0. The highest BCUT2D eigenvalue weighted by molar-refractivity contribution is 6.14. The molecule has 0 amide bonds. The van der Waals surface area contributed by atoms with Crippen molar-refractivity contribution < 1.29 is 4.79 Å². The van der Waals surface area contributed by atoms with Gasteiger partial charge < -0.3 is 4.40 Å². The zero-order chi connectivity index (χ0) is 14.4. The molecule has 0 atom stereocenters. The summed E-state index contributed by atoms with van der Waals surface area (Å²) in [5.41, 5.74) is 3.44. The fourth-order valence-corrected chi connectivity index (χ4v) is 2.15. The van der Waals surface area contributed by atoms with Crippen molar-refractivity contribution in [2.24, 2.45) is 4.99 Å². The van der Waals surface area contributed by atoms with Crippen molar-refractivity contribution in [3.05, 3.63) is 60.7 Å². The minimum absolute atomic E-state index is 0.611. The second-order valence-electron chi connectivity index (χ2n) is 4.31. The summed E-state index contributed by atoms with van der Waals surface area (Å²) >= 11 is 0. The van der Waals surface area contributed by atoms with Gasteiger partial charge in [-0.2, -0.15) is 0 Å². The minimum atomic E-state index is 0.611. The standard InChI is InChI=1S/C16H17N3O/c1-3-13(12-20)15(17-4-2)8-7-14-6-5-10-19-11-9-18-16(14)19/h3-6,9-12H,2,7-8H2,1H3/b13-3-,17-15?. The van der Waals surface area contributed by atoms with Gasteiger partial charge in [0.05, 0.1) is 5.71 Å². The Morgan fingerprint density at radius 1 is 1.50 bits per heavy atom. The molecule has 0 aromatic carbocycles. The van der Waals surface area contributed by atoms with Gasteiger partial charge in [-0.15, -0.1) is 0 Å². The Kier molecular flexibility index (Phi) is 4.60. The summed E-state index contributed by atoms with van der Waals surface area (Å²) in [4.78, 5) is 19.6. The maximum atomic E-state index is 11.0. The highest BCUT2D eigenvalue weighted by Crippen LogP contribution is 2.13. The van der Waals surface area contributed by atoms with Gasteiger partial charge in [0, 0.05) is 30.4 Å². The van der Waals surface area contributed by atoms with Crippen molar-refractivity contribution in [2.45, 2.75) is 19.8 Å². The van der Waals surface area contributed by atoms with Gasteiger partial charge in [-0.05, 0) is 31.4 Å². The molecule has 0 spiro atoms. The molecule has 0 aliphatic rings. The largest absolute Gasteiger partial charge is 0.307 e. The molecule has 2 aromatic heterocycles. The summed E-state index contributed by atoms with van der Waals surface area (Å²) in [6, 6.07) is 4.04. The zero-order valence-corrected chi connectivity index (χ0v) is 11.5. The molecule has 4 nitrogen and oxygen atoms in total. The Morgan fingerprint density at radius 2 is 2.35 bits per heavy atom. The fourth-order valence-electron chi connectivity index (χ4n) is 2.15. The van der Waals surface area contributed by atoms with Crippen LogP contribution in [-0.4, -0.2) is 21.4 Å². The van der Waals surface area contributed by atoms with Crippen LogP contribution in [0.5, 0.6) is 0 Å². The SMILES string of the molecule is C=CN=C(CCc1cccn2ccnc12)/C(C=O)=C\C. The van der Waals surface area contributed by atoms with Crippen molar-refractivity contribution in [1.82, 2.24) is 9.38 Å². The van der Waals surface area contributed by atoms with E-state index in [1.165, 1.54) is 6.20 Å². The van der Waals surface area contributed by atoms with Gasteiger partial charge in [-0.1, -0.05) is 18.7 Å². The fraction of sp³-hybridized carbons (Fsp3) is 0.188. The number of allylic oxidation sites excluding steroid dienone is 2. The number of aliphatic imine (C=N–C) groups is 1. The van der Waals surface area contributed by atoms with E-state index in [-0.39, 0.29) is 0 Å². The number of fused-ring (bicyclic) bond motifs is 1. The third-order valence-electron chi connectivity index (χ3n) is 3.15. The predicted octanol–water partition coefficient (Wildman–Crippen LogP) is 3.00. The van der Waals surface area contributed by atoms with E-state index in [4.69, 9.17) is 0 Å². The van der Waals surface area contributed by atoms with E-state index < -0.39 is 0 Å². The van der Waals surface area contributed by atoms with Crippen molar-refractivity contribution in [1.29, 1.82) is 0 Å². The second-order valence-corrected chi connectivity index (χ2v) is 4.31. The molecule has 0 aliphatic carbocycles. The van der Waals surface area contributed by atoms with E-state index in [0.717, 1.165) is 29.6 Å². The monoisotopic (exact) mass is 267 g/mol. The van der Waals surface area contributed by atoms with Crippen LogP contribution in [0.2, 0.25) is 0 Å². The lowest BCUT2D eigenvalue weighted by Gasteiger charge is -2.06. The maximum absolute atomic E-state index is 11.0. The van der Waals surface area contributed by atoms with Gasteiger partial charge in [-0.3, -0.25) is 9.79 Å². The normalized spacial score (nSPS) is 12.7. The van der Waals surface area contributed by atoms with Crippen LogP contribution in [0.25, 0.3) is 5.65 Å². The first-order valence-electron chi connectivity index (χ1n) is 6.50. The highest BCUT2D eigenvalue weighted by atomic mass is 16.1. The number of aryl methyl sites for hydroxylation is 1. The molecule has 4 heteroatoms. The number of carbonyl (C=O) groups is 1. The summed E-state index contributed by atoms with van der Waals surface area (Å²) in [5.74, 6) is 0. The first kappa shape index (κ1) is 13.9. The van der Waals surface area contributed by atoms with Crippen molar-refractivity contribution in [3.63, 3.8) is 0 Å². The highest BCUT2D eigenvalue weighted by Gasteiger charge is 2.08. The molecule has 2 rings (SSSR count). The number of carbonyl (C=O) groups excluding carboxylic acids is 1. The van der Waals surface area contributed by atoms with Crippen LogP contribution in [0, 0.1) is 0 Å². The van der Waals surface area contributed by atoms with Crippen molar-refractivity contribution in [2.75, 3.05) is 0 Å². The molecule has 2 heterocycles. The molecule has 0 N–H and O–H groups in total. The molecule has 0 fully saturated rings. The Hall–Kier alpha value is -2.49. The van der Waals surface area contributed by atoms with Gasteiger partial charge in [0.25, 0.3) is 0 Å². The molecule has 0 radical (unpaired) electrons. The molecule has 20 heavy (non-hydrogen) atoms. The summed E-state index contributed by atoms with van der Waals surface area (Å²) in [5, 5.41) is 0. The van der Waals surface area contributed by atoms with E-state index in [2.05, 4.69) is 16.6 Å². The van der Waals surface area contributed by atoms with E-state index in [9.17, 15) is 4.79 Å². The lowest BCUT2D eigenvalue weighted by atomic mass is 10.0. The molecule has 2 aromatic rings. The van der Waals surface area contributed by atoms with Crippen LogP contribution < -0.4 is 0 Å². The van der Waals surface area contributed by atoms with Gasteiger partial charge in [-0.25, -0.2) is 4.98 Å². The summed E-state index contributed by atoms with van der Waals surface area (Å²) in [7, 11) is 0. The Labute approximate surface area is 118 Å². The van der Waals surface area contributed by atoms with Crippen molar-refractivity contribution >= 4 is 17.6 Å². The zero-order valence-electron chi connectivity index (χ0n) is 11.5. The molecule has 0 aliphatic heterocycles. The van der Waals surface area contributed by atoms with Crippen LogP contribution in [0.3, 0.4) is 0 Å². The smallest absolute Gasteiger partial charge is 0.151 e. The average molecular weight is 267 g/mol. The third-order valence-corrected chi connectivity index (χ3v) is 3.15. The quantitative estimate of drug-likeness (QED) is 0.459. The second kappa shape index (κ2) is 6.61. The van der Waals surface area contributed by atoms with Crippen LogP contribution >= 0.6 is 0 Å². The number of aromatic nitrogens is 2. The first-order valence-corrected chi connectivity index (χ1v) is 6.50. The first-order chi connectivity index (χ1) is 9.80. The topological polar surface area (TPSA) is 46.7 Å². The van der Waals surface area contributed by atoms with E-state index >= 15 is 0 Å². The van der Waals surface area contributed by atoms with Gasteiger partial charge in [0.1, 0.15) is 5.65 Å². The lowest BCUT2D eigenvalue weighted by molar-refractivity contribution is -0.104. The van der Waals surface area contributed by atoms with Crippen LogP contribution in [0.15, 0.2) is 60.1 Å². The Bertz CT molecular complexity index is 680. The molecule has 102 valence electrons. The number of nitrogens with zero attached hydrogens (tertiary/aromatic N) is 3. The number of pyridine rings is 1. The molecular weight excluding hydrogens is 250 g/mol. The molecule has 0 saturated heterocycles. The van der Waals surface area contributed by atoms with E-state index in [1.54, 1.807) is 12.3 Å². The summed E-state index contributed by atoms with van der Waals surface area (Å²) in [6.07, 6.45) is 11.2. The van der Waals surface area contributed by atoms with Crippen LogP contribution in [0.1, 0.15) is 18.9 Å². The maximum Gasteiger partial charge on any atom is 0.151 e. The van der Waals surface area contributed by atoms with Crippen LogP contribution in [0.4, 0.5) is 0 Å². The Balaban J connectivity index is 2.22. The number of imidazole rings is 1. The minimum Gasteiger partial charge on any atom is -0.307 e. The van der Waals surface area contributed by atoms with Crippen molar-refractivity contribution in [3.8, 4) is 0 Å².